The molecule has 1 saturated heterocycles. The molecular formula is C12H16ClNO2. The van der Waals surface area contributed by atoms with E-state index in [1.54, 1.807) is 0 Å². The molecule has 1 fully saturated rings. The Morgan fingerprint density at radius 3 is 2.62 bits per heavy atom. The Hall–Kier alpha value is -1.06. The highest BCUT2D eigenvalue weighted by Crippen LogP contribution is 2.14. The van der Waals surface area contributed by atoms with E-state index >= 15 is 0 Å². The first kappa shape index (κ1) is 13.0. The molecule has 1 heterocycles. The summed E-state index contributed by atoms with van der Waals surface area (Å²) in [6.45, 7) is 2.71. The second-order valence-corrected chi connectivity index (χ2v) is 3.87. The van der Waals surface area contributed by atoms with Crippen LogP contribution >= 0.6 is 12.4 Å². The monoisotopic (exact) mass is 241 g/mol. The quantitative estimate of drug-likeness (QED) is 0.822. The molecule has 0 aliphatic carbocycles. The van der Waals surface area contributed by atoms with Crippen molar-refractivity contribution in [1.82, 2.24) is 5.32 Å². The van der Waals surface area contributed by atoms with Crippen LogP contribution in [0.4, 0.5) is 0 Å². The zero-order valence-electron chi connectivity index (χ0n) is 9.18. The zero-order chi connectivity index (χ0) is 10.7. The molecule has 2 rings (SSSR count). The van der Waals surface area contributed by atoms with E-state index in [9.17, 15) is 4.79 Å². The highest BCUT2D eigenvalue weighted by atomic mass is 35.5. The fraction of sp³-hybridized carbons (Fsp3) is 0.417. The number of esters is 1. The van der Waals surface area contributed by atoms with Gasteiger partial charge in [0, 0.05) is 6.54 Å². The number of hydrogen-bond donors (Lipinski definition) is 1. The van der Waals surface area contributed by atoms with E-state index in [-0.39, 0.29) is 30.5 Å². The SMILES string of the molecule is CC1OC(=O)CC1NCc1ccccc1.Cl. The minimum absolute atomic E-state index is 0. The number of halogens is 1. The molecule has 1 aliphatic rings. The predicted molar refractivity (Wildman–Crippen MR) is 64.5 cm³/mol. The van der Waals surface area contributed by atoms with Gasteiger partial charge in [0.05, 0.1) is 12.5 Å². The fourth-order valence-corrected chi connectivity index (χ4v) is 1.77. The largest absolute Gasteiger partial charge is 0.461 e. The second kappa shape index (κ2) is 5.87. The third kappa shape index (κ3) is 3.22. The van der Waals surface area contributed by atoms with Crippen LogP contribution in [0.15, 0.2) is 30.3 Å². The number of rotatable bonds is 3. The van der Waals surface area contributed by atoms with E-state index in [2.05, 4.69) is 17.4 Å². The molecule has 1 aliphatic heterocycles. The second-order valence-electron chi connectivity index (χ2n) is 3.87. The summed E-state index contributed by atoms with van der Waals surface area (Å²) in [5.74, 6) is -0.104. The maximum absolute atomic E-state index is 11.0. The number of benzene rings is 1. The molecule has 0 aromatic heterocycles. The number of carbonyl (C=O) groups is 1. The van der Waals surface area contributed by atoms with Gasteiger partial charge in [0.2, 0.25) is 0 Å². The highest BCUT2D eigenvalue weighted by Gasteiger charge is 2.30. The molecule has 0 bridgehead atoms. The van der Waals surface area contributed by atoms with Crippen molar-refractivity contribution in [3.05, 3.63) is 35.9 Å². The van der Waals surface area contributed by atoms with Crippen LogP contribution in [0.3, 0.4) is 0 Å². The van der Waals surface area contributed by atoms with Gasteiger partial charge < -0.3 is 10.1 Å². The first-order valence-electron chi connectivity index (χ1n) is 5.22. The molecule has 3 nitrogen and oxygen atoms in total. The lowest BCUT2D eigenvalue weighted by Crippen LogP contribution is -2.34. The van der Waals surface area contributed by atoms with E-state index in [1.165, 1.54) is 5.56 Å². The van der Waals surface area contributed by atoms with Gasteiger partial charge in [0.1, 0.15) is 6.10 Å². The molecule has 4 heteroatoms. The van der Waals surface area contributed by atoms with E-state index in [0.29, 0.717) is 6.42 Å². The molecule has 2 atom stereocenters. The third-order valence-electron chi connectivity index (χ3n) is 2.68. The molecule has 1 aromatic rings. The summed E-state index contributed by atoms with van der Waals surface area (Å²) in [6, 6.07) is 10.3. The van der Waals surface area contributed by atoms with Gasteiger partial charge in [-0.05, 0) is 12.5 Å². The number of carbonyl (C=O) groups excluding carboxylic acids is 1. The van der Waals surface area contributed by atoms with Crippen molar-refractivity contribution in [1.29, 1.82) is 0 Å². The van der Waals surface area contributed by atoms with Crippen molar-refractivity contribution >= 4 is 18.4 Å². The number of hydrogen-bond acceptors (Lipinski definition) is 3. The average Bonchev–Trinajstić information content (AvgIpc) is 2.56. The highest BCUT2D eigenvalue weighted by molar-refractivity contribution is 5.85. The van der Waals surface area contributed by atoms with Crippen molar-refractivity contribution in [3.8, 4) is 0 Å². The van der Waals surface area contributed by atoms with Crippen LogP contribution in [0.5, 0.6) is 0 Å². The molecule has 0 radical (unpaired) electrons. The Morgan fingerprint density at radius 2 is 2.06 bits per heavy atom. The topological polar surface area (TPSA) is 38.3 Å². The average molecular weight is 242 g/mol. The van der Waals surface area contributed by atoms with Crippen LogP contribution in [0, 0.1) is 0 Å². The molecule has 16 heavy (non-hydrogen) atoms. The summed E-state index contributed by atoms with van der Waals surface area (Å²) in [4.78, 5) is 11.0. The summed E-state index contributed by atoms with van der Waals surface area (Å²) in [7, 11) is 0. The van der Waals surface area contributed by atoms with Gasteiger partial charge in [-0.2, -0.15) is 0 Å². The Morgan fingerprint density at radius 1 is 1.38 bits per heavy atom. The first-order chi connectivity index (χ1) is 7.25. The van der Waals surface area contributed by atoms with Crippen LogP contribution in [0.1, 0.15) is 18.9 Å². The van der Waals surface area contributed by atoms with E-state index < -0.39 is 0 Å². The van der Waals surface area contributed by atoms with Crippen LogP contribution in [0.25, 0.3) is 0 Å². The van der Waals surface area contributed by atoms with E-state index in [4.69, 9.17) is 4.74 Å². The standard InChI is InChI=1S/C12H15NO2.ClH/c1-9-11(7-12(14)15-9)13-8-10-5-3-2-4-6-10;/h2-6,9,11,13H,7-8H2,1H3;1H. The van der Waals surface area contributed by atoms with Crippen LogP contribution in [0.2, 0.25) is 0 Å². The molecule has 0 spiro atoms. The Bertz CT molecular complexity index is 342. The normalized spacial score (nSPS) is 23.7. The van der Waals surface area contributed by atoms with Crippen molar-refractivity contribution in [2.75, 3.05) is 0 Å². The Balaban J connectivity index is 0.00000128. The molecular weight excluding hydrogens is 226 g/mol. The minimum atomic E-state index is -0.104. The van der Waals surface area contributed by atoms with E-state index in [1.807, 2.05) is 25.1 Å². The lowest BCUT2D eigenvalue weighted by atomic mass is 10.1. The van der Waals surface area contributed by atoms with Crippen LogP contribution in [-0.2, 0) is 16.1 Å². The van der Waals surface area contributed by atoms with E-state index in [0.717, 1.165) is 6.54 Å². The van der Waals surface area contributed by atoms with Crippen molar-refractivity contribution in [2.24, 2.45) is 0 Å². The summed E-state index contributed by atoms with van der Waals surface area (Å²) in [6.07, 6.45) is 0.467. The van der Waals surface area contributed by atoms with Gasteiger partial charge in [-0.3, -0.25) is 4.79 Å². The number of cyclic esters (lactones) is 1. The molecule has 0 amide bonds. The molecule has 0 saturated carbocycles. The zero-order valence-corrected chi connectivity index (χ0v) is 10.00. The Kier molecular flexibility index (Phi) is 4.77. The fourth-order valence-electron chi connectivity index (χ4n) is 1.77. The predicted octanol–water partition coefficient (Wildman–Crippen LogP) is 1.90. The maximum atomic E-state index is 11.0. The number of nitrogens with one attached hydrogen (secondary N) is 1. The molecule has 1 N–H and O–H groups in total. The van der Waals surface area contributed by atoms with Gasteiger partial charge in [-0.1, -0.05) is 30.3 Å². The van der Waals surface area contributed by atoms with Crippen LogP contribution in [-0.4, -0.2) is 18.1 Å². The summed E-state index contributed by atoms with van der Waals surface area (Å²) in [5.41, 5.74) is 1.23. The van der Waals surface area contributed by atoms with Crippen molar-refractivity contribution in [2.45, 2.75) is 32.0 Å². The first-order valence-corrected chi connectivity index (χ1v) is 5.22. The van der Waals surface area contributed by atoms with Gasteiger partial charge in [0.15, 0.2) is 0 Å². The van der Waals surface area contributed by atoms with Gasteiger partial charge >= 0.3 is 5.97 Å². The lowest BCUT2D eigenvalue weighted by molar-refractivity contribution is -0.140. The van der Waals surface area contributed by atoms with Gasteiger partial charge in [0.25, 0.3) is 0 Å². The summed E-state index contributed by atoms with van der Waals surface area (Å²) >= 11 is 0. The summed E-state index contributed by atoms with van der Waals surface area (Å²) in [5, 5.41) is 3.33. The van der Waals surface area contributed by atoms with Gasteiger partial charge in [-0.25, -0.2) is 0 Å². The maximum Gasteiger partial charge on any atom is 0.307 e. The lowest BCUT2D eigenvalue weighted by Gasteiger charge is -2.14. The molecule has 2 unspecified atom stereocenters. The third-order valence-corrected chi connectivity index (χ3v) is 2.68. The summed E-state index contributed by atoms with van der Waals surface area (Å²) < 4.78 is 5.06. The van der Waals surface area contributed by atoms with Crippen LogP contribution < -0.4 is 5.32 Å². The number of ether oxygens (including phenoxy) is 1. The van der Waals surface area contributed by atoms with Crippen molar-refractivity contribution in [3.63, 3.8) is 0 Å². The smallest absolute Gasteiger partial charge is 0.307 e. The Labute approximate surface area is 102 Å². The minimum Gasteiger partial charge on any atom is -0.461 e. The van der Waals surface area contributed by atoms with Gasteiger partial charge in [-0.15, -0.1) is 12.4 Å². The molecule has 88 valence electrons. The van der Waals surface area contributed by atoms with Crippen molar-refractivity contribution < 1.29 is 9.53 Å². The molecule has 1 aromatic carbocycles.